The summed E-state index contributed by atoms with van der Waals surface area (Å²) in [4.78, 5) is 21.2. The minimum absolute atomic E-state index is 0.451. The molecule has 0 amide bonds. The van der Waals surface area contributed by atoms with Crippen LogP contribution in [0.15, 0.2) is 212 Å². The van der Waals surface area contributed by atoms with Crippen molar-refractivity contribution in [2.24, 2.45) is 0 Å². The minimum Gasteiger partial charge on any atom is -0.308 e. The standard InChI is InChI=1S/C58H38N6/c1-38-18-14-15-27-45(38)44-30-31-55-47(34-44)46-28-16-17-29-54(46)64(55)56-48(53-36-52(42-23-10-4-11-24-42)60-57(63-53)43-25-12-5-13-26-43)32-39(37-59)33-49(56)58-61-50(40-19-6-2-7-20-40)35-51(62-58)41-21-8-3-9-22-41/h2-36H,1H3. The summed E-state index contributed by atoms with van der Waals surface area (Å²) in [5.41, 5.74) is 14.9. The number of rotatable bonds is 8. The molecule has 8 aromatic carbocycles. The number of aryl methyl sites for hydroxylation is 1. The van der Waals surface area contributed by atoms with E-state index in [1.165, 1.54) is 11.1 Å². The van der Waals surface area contributed by atoms with Crippen LogP contribution in [-0.2, 0) is 0 Å². The van der Waals surface area contributed by atoms with Crippen LogP contribution in [-0.4, -0.2) is 24.5 Å². The molecule has 0 fully saturated rings. The van der Waals surface area contributed by atoms with E-state index >= 15 is 0 Å². The first kappa shape index (κ1) is 38.2. The predicted octanol–water partition coefficient (Wildman–Crippen LogP) is 14.2. The highest BCUT2D eigenvalue weighted by Gasteiger charge is 2.25. The van der Waals surface area contributed by atoms with Gasteiger partial charge in [0.05, 0.1) is 51.1 Å². The van der Waals surface area contributed by atoms with Crippen LogP contribution < -0.4 is 0 Å². The number of hydrogen-bond donors (Lipinski definition) is 0. The zero-order chi connectivity index (χ0) is 43.0. The average Bonchev–Trinajstić information content (AvgIpc) is 3.70. The molecule has 6 nitrogen and oxygen atoms in total. The third-order valence-electron chi connectivity index (χ3n) is 11.8. The van der Waals surface area contributed by atoms with Gasteiger partial charge in [0.15, 0.2) is 11.6 Å². The van der Waals surface area contributed by atoms with Crippen LogP contribution in [0.1, 0.15) is 11.1 Å². The second-order valence-electron chi connectivity index (χ2n) is 15.8. The van der Waals surface area contributed by atoms with Crippen LogP contribution in [0, 0.1) is 18.3 Å². The molecule has 11 aromatic rings. The molecular formula is C58H38N6. The van der Waals surface area contributed by atoms with Gasteiger partial charge in [0.1, 0.15) is 0 Å². The van der Waals surface area contributed by atoms with Crippen molar-refractivity contribution in [1.29, 1.82) is 5.26 Å². The Hall–Kier alpha value is -8.79. The molecule has 0 spiro atoms. The molecule has 3 aromatic heterocycles. The van der Waals surface area contributed by atoms with Gasteiger partial charge in [-0.25, -0.2) is 19.9 Å². The molecular weight excluding hydrogens is 781 g/mol. The van der Waals surface area contributed by atoms with Crippen molar-refractivity contribution in [3.05, 3.63) is 223 Å². The molecule has 6 heteroatoms. The second kappa shape index (κ2) is 16.2. The maximum Gasteiger partial charge on any atom is 0.162 e. The fourth-order valence-electron chi connectivity index (χ4n) is 8.72. The number of nitriles is 1. The maximum absolute atomic E-state index is 10.9. The van der Waals surface area contributed by atoms with Gasteiger partial charge in [-0.3, -0.25) is 0 Å². The fourth-order valence-corrected chi connectivity index (χ4v) is 8.72. The molecule has 300 valence electrons. The quantitative estimate of drug-likeness (QED) is 0.153. The molecule has 0 aliphatic heterocycles. The van der Waals surface area contributed by atoms with E-state index in [0.29, 0.717) is 28.5 Å². The van der Waals surface area contributed by atoms with E-state index < -0.39 is 0 Å². The number of para-hydroxylation sites is 1. The van der Waals surface area contributed by atoms with Crippen molar-refractivity contribution < 1.29 is 0 Å². The largest absolute Gasteiger partial charge is 0.308 e. The van der Waals surface area contributed by atoms with Gasteiger partial charge >= 0.3 is 0 Å². The van der Waals surface area contributed by atoms with Crippen molar-refractivity contribution in [2.45, 2.75) is 6.92 Å². The predicted molar refractivity (Wildman–Crippen MR) is 259 cm³/mol. The van der Waals surface area contributed by atoms with E-state index in [9.17, 15) is 5.26 Å². The lowest BCUT2D eigenvalue weighted by molar-refractivity contribution is 1.13. The topological polar surface area (TPSA) is 80.3 Å². The Labute approximate surface area is 371 Å². The Balaban J connectivity index is 1.28. The number of fused-ring (bicyclic) bond motifs is 3. The highest BCUT2D eigenvalue weighted by molar-refractivity contribution is 6.12. The molecule has 0 aliphatic carbocycles. The maximum atomic E-state index is 10.9. The summed E-state index contributed by atoms with van der Waals surface area (Å²) in [5.74, 6) is 1.06. The molecule has 64 heavy (non-hydrogen) atoms. The fraction of sp³-hybridized carbons (Fsp3) is 0.0172. The Morgan fingerprint density at radius 3 is 1.47 bits per heavy atom. The lowest BCUT2D eigenvalue weighted by atomic mass is 9.97. The Bertz CT molecular complexity index is 3290. The van der Waals surface area contributed by atoms with Crippen molar-refractivity contribution >= 4 is 21.8 Å². The number of benzene rings is 8. The van der Waals surface area contributed by atoms with Gasteiger partial charge in [0, 0.05) is 44.2 Å². The highest BCUT2D eigenvalue weighted by atomic mass is 15.0. The van der Waals surface area contributed by atoms with Gasteiger partial charge in [-0.15, -0.1) is 0 Å². The Morgan fingerprint density at radius 2 is 0.859 bits per heavy atom. The molecule has 0 aliphatic rings. The summed E-state index contributed by atoms with van der Waals surface area (Å²) in [7, 11) is 0. The van der Waals surface area contributed by atoms with Gasteiger partial charge in [0.25, 0.3) is 0 Å². The Morgan fingerprint density at radius 1 is 0.375 bits per heavy atom. The van der Waals surface area contributed by atoms with Crippen LogP contribution in [0.2, 0.25) is 0 Å². The molecule has 0 atom stereocenters. The number of aromatic nitrogens is 5. The first-order valence-electron chi connectivity index (χ1n) is 21.3. The van der Waals surface area contributed by atoms with E-state index in [0.717, 1.165) is 78.0 Å². The smallest absolute Gasteiger partial charge is 0.162 e. The molecule has 0 N–H and O–H groups in total. The minimum atomic E-state index is 0.451. The second-order valence-corrected chi connectivity index (χ2v) is 15.8. The molecule has 11 rings (SSSR count). The number of hydrogen-bond acceptors (Lipinski definition) is 5. The third-order valence-corrected chi connectivity index (χ3v) is 11.8. The molecule has 0 radical (unpaired) electrons. The van der Waals surface area contributed by atoms with Crippen molar-refractivity contribution in [2.75, 3.05) is 0 Å². The van der Waals surface area contributed by atoms with Gasteiger partial charge in [-0.1, -0.05) is 170 Å². The monoisotopic (exact) mass is 818 g/mol. The van der Waals surface area contributed by atoms with Crippen molar-refractivity contribution in [3.8, 4) is 90.7 Å². The van der Waals surface area contributed by atoms with Crippen molar-refractivity contribution in [1.82, 2.24) is 24.5 Å². The molecule has 0 bridgehead atoms. The Kier molecular flexibility index (Phi) is 9.68. The zero-order valence-electron chi connectivity index (χ0n) is 34.9. The lowest BCUT2D eigenvalue weighted by Crippen LogP contribution is -2.06. The summed E-state index contributed by atoms with van der Waals surface area (Å²) >= 11 is 0. The average molecular weight is 819 g/mol. The van der Waals surface area contributed by atoms with E-state index in [1.807, 2.05) is 109 Å². The number of nitrogens with zero attached hydrogens (tertiary/aromatic N) is 6. The highest BCUT2D eigenvalue weighted by Crippen LogP contribution is 2.43. The SMILES string of the molecule is Cc1ccccc1-c1ccc2c(c1)c1ccccc1n2-c1c(-c2cc(-c3ccccc3)nc(-c3ccccc3)n2)cc(C#N)cc1-c1nc(-c2ccccc2)cc(-c2ccccc2)n1. The molecule has 3 heterocycles. The molecule has 0 saturated heterocycles. The lowest BCUT2D eigenvalue weighted by Gasteiger charge is -2.20. The van der Waals surface area contributed by atoms with Crippen LogP contribution in [0.5, 0.6) is 0 Å². The molecule has 0 saturated carbocycles. The van der Waals surface area contributed by atoms with Gasteiger partial charge in [-0.2, -0.15) is 5.26 Å². The van der Waals surface area contributed by atoms with E-state index in [-0.39, 0.29) is 0 Å². The van der Waals surface area contributed by atoms with Gasteiger partial charge in [-0.05, 0) is 66.1 Å². The van der Waals surface area contributed by atoms with Crippen LogP contribution in [0.3, 0.4) is 0 Å². The summed E-state index contributed by atoms with van der Waals surface area (Å²) in [6, 6.07) is 74.7. The zero-order valence-corrected chi connectivity index (χ0v) is 34.9. The van der Waals surface area contributed by atoms with Crippen LogP contribution in [0.4, 0.5) is 0 Å². The van der Waals surface area contributed by atoms with E-state index in [1.54, 1.807) is 0 Å². The van der Waals surface area contributed by atoms with Crippen LogP contribution in [0.25, 0.3) is 106 Å². The first-order chi connectivity index (χ1) is 31.6. The van der Waals surface area contributed by atoms with E-state index in [4.69, 9.17) is 19.9 Å². The summed E-state index contributed by atoms with van der Waals surface area (Å²) in [6.07, 6.45) is 0. The van der Waals surface area contributed by atoms with Crippen molar-refractivity contribution in [3.63, 3.8) is 0 Å². The molecule has 0 unspecified atom stereocenters. The van der Waals surface area contributed by atoms with Crippen LogP contribution >= 0.6 is 0 Å². The third kappa shape index (κ3) is 6.97. The summed E-state index contributed by atoms with van der Waals surface area (Å²) in [6.45, 7) is 2.15. The summed E-state index contributed by atoms with van der Waals surface area (Å²) < 4.78 is 2.31. The van der Waals surface area contributed by atoms with E-state index in [2.05, 4.69) is 121 Å². The normalized spacial score (nSPS) is 11.2. The van der Waals surface area contributed by atoms with Gasteiger partial charge in [0.2, 0.25) is 0 Å². The van der Waals surface area contributed by atoms with Gasteiger partial charge < -0.3 is 4.57 Å². The summed E-state index contributed by atoms with van der Waals surface area (Å²) in [5, 5.41) is 13.1. The first-order valence-corrected chi connectivity index (χ1v) is 21.3.